The lowest BCUT2D eigenvalue weighted by Crippen LogP contribution is -2.04. The molecule has 0 atom stereocenters. The van der Waals surface area contributed by atoms with Crippen molar-refractivity contribution >= 4 is 15.9 Å². The first-order valence-electron chi connectivity index (χ1n) is 4.94. The van der Waals surface area contributed by atoms with E-state index in [1.807, 2.05) is 0 Å². The van der Waals surface area contributed by atoms with E-state index >= 15 is 0 Å². The summed E-state index contributed by atoms with van der Waals surface area (Å²) in [7, 11) is 3.00. The molecule has 0 saturated heterocycles. The number of hydrogen-bond donors (Lipinski definition) is 1. The number of halogens is 2. The van der Waals surface area contributed by atoms with Gasteiger partial charge in [0.15, 0.2) is 11.5 Å². The van der Waals surface area contributed by atoms with Crippen LogP contribution in [0.1, 0.15) is 12.0 Å². The molecule has 1 aromatic carbocycles. The number of rotatable bonds is 5. The van der Waals surface area contributed by atoms with Gasteiger partial charge in [0, 0.05) is 11.6 Å². The second-order valence-corrected chi connectivity index (χ2v) is 4.07. The van der Waals surface area contributed by atoms with E-state index in [2.05, 4.69) is 15.9 Å². The van der Waals surface area contributed by atoms with Gasteiger partial charge in [0.25, 0.3) is 0 Å². The number of nitrogens with two attached hydrogens (primary N) is 1. The molecule has 0 saturated carbocycles. The minimum Gasteiger partial charge on any atom is -0.493 e. The van der Waals surface area contributed by atoms with Crippen LogP contribution in [-0.2, 0) is 6.42 Å². The summed E-state index contributed by atoms with van der Waals surface area (Å²) in [6, 6.07) is 1.33. The zero-order valence-corrected chi connectivity index (χ0v) is 10.9. The first-order chi connectivity index (χ1) is 7.65. The van der Waals surface area contributed by atoms with Crippen LogP contribution in [0.25, 0.3) is 0 Å². The minimum atomic E-state index is -0.307. The molecule has 90 valence electrons. The van der Waals surface area contributed by atoms with Crippen molar-refractivity contribution in [2.45, 2.75) is 12.8 Å². The zero-order valence-electron chi connectivity index (χ0n) is 9.35. The van der Waals surface area contributed by atoms with Crippen LogP contribution < -0.4 is 15.2 Å². The molecule has 3 nitrogen and oxygen atoms in total. The summed E-state index contributed by atoms with van der Waals surface area (Å²) in [4.78, 5) is 0. The Bertz CT molecular complexity index is 371. The van der Waals surface area contributed by atoms with E-state index in [1.165, 1.54) is 20.3 Å². The molecule has 0 aliphatic rings. The zero-order chi connectivity index (χ0) is 12.1. The lowest BCUT2D eigenvalue weighted by molar-refractivity contribution is 0.349. The summed E-state index contributed by atoms with van der Waals surface area (Å²) in [5.74, 6) is 0.581. The average Bonchev–Trinajstić information content (AvgIpc) is 2.28. The second-order valence-electron chi connectivity index (χ2n) is 3.28. The molecule has 16 heavy (non-hydrogen) atoms. The third kappa shape index (κ3) is 2.65. The smallest absolute Gasteiger partial charge is 0.175 e. The van der Waals surface area contributed by atoms with Gasteiger partial charge in [-0.3, -0.25) is 0 Å². The first kappa shape index (κ1) is 13.3. The van der Waals surface area contributed by atoms with Gasteiger partial charge in [-0.05, 0) is 35.3 Å². The highest BCUT2D eigenvalue weighted by Gasteiger charge is 2.17. The fraction of sp³-hybridized carbons (Fsp3) is 0.455. The van der Waals surface area contributed by atoms with Crippen LogP contribution in [0.4, 0.5) is 4.39 Å². The normalized spacial score (nSPS) is 10.3. The van der Waals surface area contributed by atoms with Crippen molar-refractivity contribution in [2.24, 2.45) is 5.73 Å². The summed E-state index contributed by atoms with van der Waals surface area (Å²) in [5.41, 5.74) is 5.98. The maximum Gasteiger partial charge on any atom is 0.175 e. The molecule has 0 amide bonds. The van der Waals surface area contributed by atoms with Gasteiger partial charge in [0.05, 0.1) is 18.7 Å². The molecule has 2 N–H and O–H groups in total. The minimum absolute atomic E-state index is 0.307. The summed E-state index contributed by atoms with van der Waals surface area (Å²) in [5, 5.41) is 0. The summed E-state index contributed by atoms with van der Waals surface area (Å²) < 4.78 is 24.5. The number of benzene rings is 1. The lowest BCUT2D eigenvalue weighted by atomic mass is 10.1. The summed E-state index contributed by atoms with van der Waals surface area (Å²) in [6.45, 7) is 0.528. The molecule has 0 bridgehead atoms. The predicted octanol–water partition coefficient (Wildman–Crippen LogP) is 2.50. The van der Waals surface area contributed by atoms with E-state index in [9.17, 15) is 4.39 Å². The molecule has 1 rings (SSSR count). The lowest BCUT2D eigenvalue weighted by Gasteiger charge is -2.13. The topological polar surface area (TPSA) is 44.5 Å². The molecule has 0 spiro atoms. The molecular weight excluding hydrogens is 277 g/mol. The fourth-order valence-electron chi connectivity index (χ4n) is 1.47. The van der Waals surface area contributed by atoms with Crippen molar-refractivity contribution in [3.8, 4) is 11.5 Å². The third-order valence-corrected chi connectivity index (χ3v) is 3.13. The van der Waals surface area contributed by atoms with Gasteiger partial charge in [0.1, 0.15) is 5.82 Å². The van der Waals surface area contributed by atoms with Crippen molar-refractivity contribution in [2.75, 3.05) is 20.8 Å². The Kier molecular flexibility index (Phi) is 5.02. The summed E-state index contributed by atoms with van der Waals surface area (Å²) in [6.07, 6.45) is 1.30. The van der Waals surface area contributed by atoms with E-state index in [-0.39, 0.29) is 5.82 Å². The van der Waals surface area contributed by atoms with Crippen molar-refractivity contribution in [3.63, 3.8) is 0 Å². The van der Waals surface area contributed by atoms with E-state index in [1.54, 1.807) is 0 Å². The molecule has 0 aliphatic heterocycles. The third-order valence-electron chi connectivity index (χ3n) is 2.29. The largest absolute Gasteiger partial charge is 0.493 e. The van der Waals surface area contributed by atoms with Crippen LogP contribution in [0.3, 0.4) is 0 Å². The Labute approximate surface area is 103 Å². The maximum atomic E-state index is 13.7. The molecule has 1 aromatic rings. The Balaban J connectivity index is 3.18. The van der Waals surface area contributed by atoms with Crippen LogP contribution >= 0.6 is 15.9 Å². The van der Waals surface area contributed by atoms with Gasteiger partial charge in [-0.25, -0.2) is 4.39 Å². The van der Waals surface area contributed by atoms with Crippen LogP contribution in [-0.4, -0.2) is 20.8 Å². The average molecular weight is 292 g/mol. The molecule has 0 aliphatic carbocycles. The Morgan fingerprint density at radius 2 is 2.06 bits per heavy atom. The maximum absolute atomic E-state index is 13.7. The number of ether oxygens (including phenoxy) is 2. The number of methoxy groups -OCH3 is 2. The highest BCUT2D eigenvalue weighted by Crippen LogP contribution is 2.39. The van der Waals surface area contributed by atoms with Gasteiger partial charge in [-0.2, -0.15) is 0 Å². The molecule has 0 aromatic heterocycles. The highest BCUT2D eigenvalue weighted by atomic mass is 79.9. The van der Waals surface area contributed by atoms with Crippen molar-refractivity contribution in [1.29, 1.82) is 0 Å². The quantitative estimate of drug-likeness (QED) is 0.907. The SMILES string of the molecule is COc1cc(F)c(CCCN)c(Br)c1OC. The predicted molar refractivity (Wildman–Crippen MR) is 64.6 cm³/mol. The van der Waals surface area contributed by atoms with Gasteiger partial charge in [0.2, 0.25) is 0 Å². The molecule has 0 unspecified atom stereocenters. The fourth-order valence-corrected chi connectivity index (χ4v) is 2.21. The van der Waals surface area contributed by atoms with E-state index in [0.29, 0.717) is 34.5 Å². The summed E-state index contributed by atoms with van der Waals surface area (Å²) >= 11 is 3.33. The van der Waals surface area contributed by atoms with Gasteiger partial charge < -0.3 is 15.2 Å². The molecule has 0 heterocycles. The van der Waals surface area contributed by atoms with E-state index < -0.39 is 0 Å². The molecular formula is C11H15BrFNO2. The Morgan fingerprint density at radius 1 is 1.38 bits per heavy atom. The van der Waals surface area contributed by atoms with Crippen LogP contribution in [0.15, 0.2) is 10.5 Å². The standard InChI is InChI=1S/C11H15BrFNO2/c1-15-9-6-8(13)7(4-3-5-14)10(12)11(9)16-2/h6H,3-5,14H2,1-2H3. The second kappa shape index (κ2) is 6.06. The highest BCUT2D eigenvalue weighted by molar-refractivity contribution is 9.10. The molecule has 5 heteroatoms. The van der Waals surface area contributed by atoms with Gasteiger partial charge in [-0.1, -0.05) is 0 Å². The Hall–Kier alpha value is -0.810. The molecule has 0 radical (unpaired) electrons. The monoisotopic (exact) mass is 291 g/mol. The van der Waals surface area contributed by atoms with Gasteiger partial charge >= 0.3 is 0 Å². The van der Waals surface area contributed by atoms with Crippen LogP contribution in [0.5, 0.6) is 11.5 Å². The van der Waals surface area contributed by atoms with E-state index in [0.717, 1.165) is 6.42 Å². The first-order valence-corrected chi connectivity index (χ1v) is 5.73. The van der Waals surface area contributed by atoms with Crippen molar-refractivity contribution < 1.29 is 13.9 Å². The van der Waals surface area contributed by atoms with E-state index in [4.69, 9.17) is 15.2 Å². The molecule has 0 fully saturated rings. The van der Waals surface area contributed by atoms with Gasteiger partial charge in [-0.15, -0.1) is 0 Å². The number of hydrogen-bond acceptors (Lipinski definition) is 3. The van der Waals surface area contributed by atoms with Crippen LogP contribution in [0, 0.1) is 5.82 Å². The van der Waals surface area contributed by atoms with Crippen LogP contribution in [0.2, 0.25) is 0 Å². The van der Waals surface area contributed by atoms with Crippen molar-refractivity contribution in [3.05, 3.63) is 21.9 Å². The van der Waals surface area contributed by atoms with Crippen molar-refractivity contribution in [1.82, 2.24) is 0 Å². The Morgan fingerprint density at radius 3 is 2.56 bits per heavy atom.